The maximum atomic E-state index is 8.33. The van der Waals surface area contributed by atoms with E-state index >= 15 is 0 Å². The second-order valence-electron chi connectivity index (χ2n) is 0.250. The van der Waals surface area contributed by atoms with Crippen molar-refractivity contribution in [1.29, 1.82) is 0 Å². The SMILES string of the molecule is O=C([O-])[O-].[Li+].[Li+].[NaH].[NaH]. The van der Waals surface area contributed by atoms with Crippen LogP contribution >= 0.6 is 0 Å². The number of hydrogen-bond acceptors (Lipinski definition) is 3. The quantitative estimate of drug-likeness (QED) is 0.299. The van der Waals surface area contributed by atoms with Gasteiger partial charge in [-0.15, -0.1) is 0 Å². The molecule has 0 spiro atoms. The van der Waals surface area contributed by atoms with Gasteiger partial charge in [-0.2, -0.15) is 0 Å². The Labute approximate surface area is 116 Å². The van der Waals surface area contributed by atoms with E-state index in [4.69, 9.17) is 15.0 Å². The zero-order valence-electron chi connectivity index (χ0n) is 3.72. The van der Waals surface area contributed by atoms with Crippen LogP contribution in [0.2, 0.25) is 0 Å². The van der Waals surface area contributed by atoms with Gasteiger partial charge in [-0.1, -0.05) is 0 Å². The van der Waals surface area contributed by atoms with Crippen LogP contribution in [0, 0.1) is 0 Å². The predicted molar refractivity (Wildman–Crippen MR) is 19.7 cm³/mol. The van der Waals surface area contributed by atoms with Crippen molar-refractivity contribution in [2.75, 3.05) is 0 Å². The summed E-state index contributed by atoms with van der Waals surface area (Å²) in [6.45, 7) is 0. The van der Waals surface area contributed by atoms with Gasteiger partial charge in [0.15, 0.2) is 0 Å². The van der Waals surface area contributed by atoms with Crippen molar-refractivity contribution >= 4 is 65.3 Å². The third-order valence-electron chi connectivity index (χ3n) is 0. The van der Waals surface area contributed by atoms with Crippen molar-refractivity contribution in [3.05, 3.63) is 0 Å². The van der Waals surface area contributed by atoms with Crippen molar-refractivity contribution in [1.82, 2.24) is 0 Å². The van der Waals surface area contributed by atoms with E-state index in [2.05, 4.69) is 0 Å². The molecule has 3 nitrogen and oxygen atoms in total. The van der Waals surface area contributed by atoms with E-state index in [1.165, 1.54) is 0 Å². The van der Waals surface area contributed by atoms with E-state index in [-0.39, 0.29) is 96.8 Å². The molecule has 0 bridgehead atoms. The molecule has 0 aromatic heterocycles. The molecule has 0 aromatic rings. The van der Waals surface area contributed by atoms with E-state index in [0.717, 1.165) is 0 Å². The Hall–Kier alpha value is 2.46. The van der Waals surface area contributed by atoms with Gasteiger partial charge in [-0.3, -0.25) is 0 Å². The Bertz CT molecular complexity index is 38.3. The van der Waals surface area contributed by atoms with Gasteiger partial charge in [0.25, 0.3) is 0 Å². The number of carboxylic acid groups (broad SMARTS) is 2. The molecule has 0 amide bonds. The zero-order chi connectivity index (χ0) is 3.58. The minimum atomic E-state index is -2.33. The Kier molecular flexibility index (Phi) is 89.1. The van der Waals surface area contributed by atoms with Crippen LogP contribution < -0.4 is 47.9 Å². The van der Waals surface area contributed by atoms with Crippen LogP contribution in [0.4, 0.5) is 4.79 Å². The predicted octanol–water partition coefficient (Wildman–Crippen LogP) is -9.74. The molecule has 0 aliphatic rings. The van der Waals surface area contributed by atoms with E-state index in [1.54, 1.807) is 0 Å². The summed E-state index contributed by atoms with van der Waals surface area (Å²) < 4.78 is 0. The van der Waals surface area contributed by atoms with Crippen molar-refractivity contribution in [3.8, 4) is 0 Å². The van der Waals surface area contributed by atoms with Gasteiger partial charge >= 0.3 is 96.8 Å². The van der Waals surface area contributed by atoms with Crippen LogP contribution in [0.5, 0.6) is 0 Å². The average Bonchev–Trinajstić information content (AvgIpc) is 0.811. The van der Waals surface area contributed by atoms with Gasteiger partial charge < -0.3 is 15.0 Å². The monoisotopic (exact) mass is 122 g/mol. The van der Waals surface area contributed by atoms with Crippen molar-refractivity contribution < 1.29 is 52.7 Å². The van der Waals surface area contributed by atoms with E-state index < -0.39 is 6.16 Å². The third kappa shape index (κ3) is 77.6. The Morgan fingerprint density at radius 3 is 1.00 bits per heavy atom. The molecule has 0 aliphatic carbocycles. The van der Waals surface area contributed by atoms with Crippen LogP contribution in [0.25, 0.3) is 0 Å². The second kappa shape index (κ2) is 22.7. The van der Waals surface area contributed by atoms with Crippen LogP contribution in [-0.2, 0) is 0 Å². The van der Waals surface area contributed by atoms with Crippen LogP contribution in [-0.4, -0.2) is 65.3 Å². The standard InChI is InChI=1S/CH2O3.2Li.2Na.2H/c2-1(3)4;;;;;;/h(H2,2,3,4);;;;;;/q;2*+1;;;;/p-2. The minimum absolute atomic E-state index is 0. The van der Waals surface area contributed by atoms with Crippen molar-refractivity contribution in [2.45, 2.75) is 0 Å². The first kappa shape index (κ1) is 31.4. The Morgan fingerprint density at radius 1 is 1.00 bits per heavy atom. The van der Waals surface area contributed by atoms with Gasteiger partial charge in [0.2, 0.25) is 0 Å². The number of rotatable bonds is 0. The normalized spacial score (nSPS) is 3.00. The summed E-state index contributed by atoms with van der Waals surface area (Å²) in [5.41, 5.74) is 0. The molecule has 0 fully saturated rings. The molecule has 0 saturated heterocycles. The fraction of sp³-hybridized carbons (Fsp3) is 0. The van der Waals surface area contributed by atoms with Crippen molar-refractivity contribution in [3.63, 3.8) is 0 Å². The third-order valence-corrected chi connectivity index (χ3v) is 0. The summed E-state index contributed by atoms with van der Waals surface area (Å²) in [7, 11) is 0. The van der Waals surface area contributed by atoms with Gasteiger partial charge in [0, 0.05) is 0 Å². The first-order valence-electron chi connectivity index (χ1n) is 0.612. The second-order valence-corrected chi connectivity index (χ2v) is 0.250. The summed E-state index contributed by atoms with van der Waals surface area (Å²) in [5, 5.41) is 16.7. The van der Waals surface area contributed by atoms with E-state index in [9.17, 15) is 0 Å². The van der Waals surface area contributed by atoms with E-state index in [1.807, 2.05) is 0 Å². The van der Waals surface area contributed by atoms with Gasteiger partial charge in [-0.05, 0) is 6.16 Å². The van der Waals surface area contributed by atoms with Crippen LogP contribution in [0.1, 0.15) is 0 Å². The number of carbonyl (C=O) groups excluding carboxylic acids is 1. The summed E-state index contributed by atoms with van der Waals surface area (Å²) in [5.74, 6) is 0. The Morgan fingerprint density at radius 2 is 1.00 bits per heavy atom. The molecule has 8 heavy (non-hydrogen) atoms. The number of hydrogen-bond donors (Lipinski definition) is 0. The molecule has 0 aromatic carbocycles. The first-order chi connectivity index (χ1) is 1.73. The molecule has 0 unspecified atom stereocenters. The maximum absolute atomic E-state index is 8.33. The average molecular weight is 122 g/mol. The fourth-order valence-electron chi connectivity index (χ4n) is 0. The van der Waals surface area contributed by atoms with E-state index in [0.29, 0.717) is 0 Å². The Balaban J connectivity index is -0.00000000750. The molecule has 0 aliphatic heterocycles. The van der Waals surface area contributed by atoms with Gasteiger partial charge in [-0.25, -0.2) is 0 Å². The molecule has 0 rings (SSSR count). The molecule has 0 radical (unpaired) electrons. The summed E-state index contributed by atoms with van der Waals surface area (Å²) in [4.78, 5) is 8.33. The molecular formula is CH2Li2Na2O3. The van der Waals surface area contributed by atoms with Crippen LogP contribution in [0.3, 0.4) is 0 Å². The molecule has 0 atom stereocenters. The molecule has 0 heterocycles. The van der Waals surface area contributed by atoms with Crippen LogP contribution in [0.15, 0.2) is 0 Å². The zero-order valence-corrected chi connectivity index (χ0v) is 3.72. The van der Waals surface area contributed by atoms with Crippen molar-refractivity contribution in [2.24, 2.45) is 0 Å². The summed E-state index contributed by atoms with van der Waals surface area (Å²) >= 11 is 0. The molecule has 7 heteroatoms. The molecule has 0 saturated carbocycles. The topological polar surface area (TPSA) is 63.2 Å². The summed E-state index contributed by atoms with van der Waals surface area (Å²) in [6.07, 6.45) is -2.33. The molecule has 28 valence electrons. The van der Waals surface area contributed by atoms with Gasteiger partial charge in [0.05, 0.1) is 0 Å². The van der Waals surface area contributed by atoms with Gasteiger partial charge in [0.1, 0.15) is 0 Å². The summed E-state index contributed by atoms with van der Waals surface area (Å²) in [6, 6.07) is 0. The molecular weight excluding hydrogens is 120 g/mol. The first-order valence-corrected chi connectivity index (χ1v) is 0.612. The number of carbonyl (C=O) groups is 1. The molecule has 0 N–H and O–H groups in total. The fourth-order valence-corrected chi connectivity index (χ4v) is 0.